The van der Waals surface area contributed by atoms with Gasteiger partial charge in [0.2, 0.25) is 11.9 Å². The molecule has 0 atom stereocenters. The lowest BCUT2D eigenvalue weighted by atomic mass is 10.1. The van der Waals surface area contributed by atoms with Crippen LogP contribution in [0.15, 0.2) is 49.0 Å². The normalized spacial score (nSPS) is 15.7. The standard InChI is InChI=1S/C29H32F3N7O4/c1-20-26-27(41)38(19-21-3-5-23(42-2)6-4-21)13-14-39(26)24(35-20)7-15-43-16-8-25(40)36-9-11-37(12-10-36)28-33-17-22(18-34-28)29(30,31)32/h3-6,8,16-18H,7,9-15,19H2,1-2H3/b16-8+. The van der Waals surface area contributed by atoms with E-state index >= 15 is 0 Å². The molecule has 2 aromatic heterocycles. The van der Waals surface area contributed by atoms with Crippen LogP contribution in [0.3, 0.4) is 0 Å². The second-order valence-electron chi connectivity index (χ2n) is 10.2. The van der Waals surface area contributed by atoms with Crippen molar-refractivity contribution < 1.29 is 32.2 Å². The molecular weight excluding hydrogens is 567 g/mol. The number of alkyl halides is 3. The maximum absolute atomic E-state index is 13.2. The van der Waals surface area contributed by atoms with E-state index in [4.69, 9.17) is 9.47 Å². The van der Waals surface area contributed by atoms with Crippen LogP contribution >= 0.6 is 0 Å². The summed E-state index contributed by atoms with van der Waals surface area (Å²) in [7, 11) is 1.61. The van der Waals surface area contributed by atoms with Crippen LogP contribution in [0.5, 0.6) is 5.75 Å². The van der Waals surface area contributed by atoms with Crippen LogP contribution in [0, 0.1) is 6.92 Å². The van der Waals surface area contributed by atoms with Crippen molar-refractivity contribution in [3.05, 3.63) is 77.3 Å². The van der Waals surface area contributed by atoms with Crippen LogP contribution in [0.25, 0.3) is 0 Å². The molecule has 0 saturated carbocycles. The molecule has 14 heteroatoms. The quantitative estimate of drug-likeness (QED) is 0.210. The molecule has 0 N–H and O–H groups in total. The van der Waals surface area contributed by atoms with E-state index < -0.39 is 11.7 Å². The number of amides is 2. The zero-order valence-electron chi connectivity index (χ0n) is 23.9. The lowest BCUT2D eigenvalue weighted by Gasteiger charge is -2.34. The number of piperazine rings is 1. The molecule has 0 aliphatic carbocycles. The summed E-state index contributed by atoms with van der Waals surface area (Å²) in [6, 6.07) is 7.65. The topological polar surface area (TPSA) is 106 Å². The molecule has 43 heavy (non-hydrogen) atoms. The summed E-state index contributed by atoms with van der Waals surface area (Å²) in [6.45, 7) is 5.34. The maximum atomic E-state index is 13.2. The van der Waals surface area contributed by atoms with Gasteiger partial charge in [-0.15, -0.1) is 0 Å². The number of anilines is 1. The molecule has 1 fully saturated rings. The number of hydrogen-bond acceptors (Lipinski definition) is 8. The SMILES string of the molecule is COc1ccc(CN2CCn3c(CCO/C=C/C(=O)N4CCN(c5ncc(C(F)(F)F)cn5)CC4)nc(C)c3C2=O)cc1. The van der Waals surface area contributed by atoms with Crippen LogP contribution in [-0.2, 0) is 35.2 Å². The van der Waals surface area contributed by atoms with Gasteiger partial charge in [-0.25, -0.2) is 15.0 Å². The first-order valence-corrected chi connectivity index (χ1v) is 13.8. The molecule has 2 amide bonds. The van der Waals surface area contributed by atoms with E-state index in [1.165, 1.54) is 12.3 Å². The highest BCUT2D eigenvalue weighted by molar-refractivity contribution is 5.94. The van der Waals surface area contributed by atoms with Crippen molar-refractivity contribution >= 4 is 17.8 Å². The Bertz CT molecular complexity index is 1460. The number of nitrogens with zero attached hydrogens (tertiary/aromatic N) is 7. The van der Waals surface area contributed by atoms with E-state index in [1.807, 2.05) is 40.7 Å². The predicted molar refractivity (Wildman–Crippen MR) is 149 cm³/mol. The molecule has 1 saturated heterocycles. The van der Waals surface area contributed by atoms with Gasteiger partial charge in [0.25, 0.3) is 5.91 Å². The molecule has 4 heterocycles. The van der Waals surface area contributed by atoms with Crippen molar-refractivity contribution in [2.45, 2.75) is 32.6 Å². The largest absolute Gasteiger partial charge is 0.501 e. The lowest BCUT2D eigenvalue weighted by molar-refractivity contribution is -0.138. The third-order valence-corrected chi connectivity index (χ3v) is 7.43. The Balaban J connectivity index is 1.07. The summed E-state index contributed by atoms with van der Waals surface area (Å²) >= 11 is 0. The number of aromatic nitrogens is 4. The second-order valence-corrected chi connectivity index (χ2v) is 10.2. The fourth-order valence-corrected chi connectivity index (χ4v) is 5.10. The first-order chi connectivity index (χ1) is 20.6. The Hall–Kier alpha value is -4.62. The van der Waals surface area contributed by atoms with Gasteiger partial charge >= 0.3 is 6.18 Å². The van der Waals surface area contributed by atoms with Gasteiger partial charge in [-0.05, 0) is 24.6 Å². The third-order valence-electron chi connectivity index (χ3n) is 7.43. The number of hydrogen-bond donors (Lipinski definition) is 0. The van der Waals surface area contributed by atoms with Gasteiger partial charge in [-0.3, -0.25) is 9.59 Å². The molecule has 2 aliphatic heterocycles. The summed E-state index contributed by atoms with van der Waals surface area (Å²) in [5, 5.41) is 0. The van der Waals surface area contributed by atoms with E-state index in [2.05, 4.69) is 15.0 Å². The van der Waals surface area contributed by atoms with Crippen molar-refractivity contribution in [1.29, 1.82) is 0 Å². The van der Waals surface area contributed by atoms with Crippen molar-refractivity contribution in [2.24, 2.45) is 0 Å². The summed E-state index contributed by atoms with van der Waals surface area (Å²) in [4.78, 5) is 43.2. The van der Waals surface area contributed by atoms with Crippen LogP contribution in [0.1, 0.15) is 33.1 Å². The van der Waals surface area contributed by atoms with E-state index in [0.717, 1.165) is 29.5 Å². The summed E-state index contributed by atoms with van der Waals surface area (Å²) in [5.74, 6) is 1.43. The number of fused-ring (bicyclic) bond motifs is 1. The van der Waals surface area contributed by atoms with Gasteiger partial charge in [-0.2, -0.15) is 13.2 Å². The summed E-state index contributed by atoms with van der Waals surface area (Å²) in [6.07, 6.45) is 0.194. The van der Waals surface area contributed by atoms with Crippen LogP contribution in [0.4, 0.5) is 19.1 Å². The fraction of sp³-hybridized carbons (Fsp3) is 0.414. The minimum absolute atomic E-state index is 0.0605. The van der Waals surface area contributed by atoms with Gasteiger partial charge < -0.3 is 28.7 Å². The molecule has 0 bridgehead atoms. The average molecular weight is 600 g/mol. The zero-order chi connectivity index (χ0) is 30.6. The predicted octanol–water partition coefficient (Wildman–Crippen LogP) is 3.09. The second kappa shape index (κ2) is 12.7. The van der Waals surface area contributed by atoms with E-state index in [-0.39, 0.29) is 24.4 Å². The minimum Gasteiger partial charge on any atom is -0.501 e. The molecule has 228 valence electrons. The molecule has 2 aliphatic rings. The Kier molecular flexibility index (Phi) is 8.83. The number of methoxy groups -OCH3 is 1. The molecule has 5 rings (SSSR count). The molecule has 0 radical (unpaired) electrons. The lowest BCUT2D eigenvalue weighted by Crippen LogP contribution is -2.48. The van der Waals surface area contributed by atoms with Crippen molar-refractivity contribution in [1.82, 2.24) is 29.3 Å². The Morgan fingerprint density at radius 1 is 1.02 bits per heavy atom. The number of halogens is 3. The zero-order valence-corrected chi connectivity index (χ0v) is 23.9. The number of aryl methyl sites for hydroxylation is 1. The summed E-state index contributed by atoms with van der Waals surface area (Å²) < 4.78 is 50.9. The molecule has 0 spiro atoms. The van der Waals surface area contributed by atoms with Crippen molar-refractivity contribution in [3.8, 4) is 5.75 Å². The Morgan fingerprint density at radius 3 is 2.37 bits per heavy atom. The highest BCUT2D eigenvalue weighted by Crippen LogP contribution is 2.28. The third kappa shape index (κ3) is 6.89. The summed E-state index contributed by atoms with van der Waals surface area (Å²) in [5.41, 5.74) is 1.37. The van der Waals surface area contributed by atoms with Crippen LogP contribution < -0.4 is 9.64 Å². The monoisotopic (exact) mass is 599 g/mol. The number of imidazole rings is 1. The number of carbonyl (C=O) groups excluding carboxylic acids is 2. The smallest absolute Gasteiger partial charge is 0.419 e. The Morgan fingerprint density at radius 2 is 1.72 bits per heavy atom. The van der Waals surface area contributed by atoms with Gasteiger partial charge in [0.05, 0.1) is 31.2 Å². The number of benzene rings is 1. The van der Waals surface area contributed by atoms with E-state index in [9.17, 15) is 22.8 Å². The molecule has 11 nitrogen and oxygen atoms in total. The van der Waals surface area contributed by atoms with Crippen molar-refractivity contribution in [2.75, 3.05) is 51.3 Å². The van der Waals surface area contributed by atoms with Gasteiger partial charge in [0.15, 0.2) is 0 Å². The maximum Gasteiger partial charge on any atom is 0.419 e. The van der Waals surface area contributed by atoms with Crippen LogP contribution in [-0.4, -0.2) is 87.6 Å². The number of ether oxygens (including phenoxy) is 2. The molecule has 3 aromatic rings. The van der Waals surface area contributed by atoms with Gasteiger partial charge in [0.1, 0.15) is 17.3 Å². The highest BCUT2D eigenvalue weighted by atomic mass is 19.4. The van der Waals surface area contributed by atoms with Gasteiger partial charge in [-0.1, -0.05) is 12.1 Å². The molecule has 0 unspecified atom stereocenters. The average Bonchev–Trinajstić information content (AvgIpc) is 3.33. The highest BCUT2D eigenvalue weighted by Gasteiger charge is 2.32. The number of rotatable bonds is 9. The first-order valence-electron chi connectivity index (χ1n) is 13.8. The number of carbonyl (C=O) groups is 2. The Labute approximate surface area is 246 Å². The first kappa shape index (κ1) is 29.9. The van der Waals surface area contributed by atoms with Crippen LogP contribution in [0.2, 0.25) is 0 Å². The van der Waals surface area contributed by atoms with E-state index in [1.54, 1.807) is 16.9 Å². The molecular formula is C29H32F3N7O4. The van der Waals surface area contributed by atoms with Gasteiger partial charge in [0, 0.05) is 70.7 Å². The fourth-order valence-electron chi connectivity index (χ4n) is 5.10. The molecule has 1 aromatic carbocycles. The minimum atomic E-state index is -4.49. The van der Waals surface area contributed by atoms with Crippen molar-refractivity contribution in [3.63, 3.8) is 0 Å². The van der Waals surface area contributed by atoms with E-state index in [0.29, 0.717) is 63.6 Å².